The average molecular weight is 402 g/mol. The zero-order valence-corrected chi connectivity index (χ0v) is 16.2. The van der Waals surface area contributed by atoms with Crippen LogP contribution in [-0.4, -0.2) is 16.2 Å². The quantitative estimate of drug-likeness (QED) is 0.512. The predicted octanol–water partition coefficient (Wildman–Crippen LogP) is 3.93. The smallest absolute Gasteiger partial charge is 0.251 e. The lowest BCUT2D eigenvalue weighted by atomic mass is 10.0. The van der Waals surface area contributed by atoms with E-state index in [9.17, 15) is 14.1 Å². The summed E-state index contributed by atoms with van der Waals surface area (Å²) in [6.07, 6.45) is 1.61. The minimum atomic E-state index is -1.65. The van der Waals surface area contributed by atoms with E-state index in [2.05, 4.69) is 10.0 Å². The second-order valence-electron chi connectivity index (χ2n) is 6.55. The summed E-state index contributed by atoms with van der Waals surface area (Å²) >= 11 is -1.65. The summed E-state index contributed by atoms with van der Waals surface area (Å²) < 4.78 is 15.3. The number of hydrogen-bond donors (Lipinski definition) is 2. The number of carbonyl (C=O) groups is 2. The van der Waals surface area contributed by atoms with Crippen molar-refractivity contribution >= 4 is 34.8 Å². The molecule has 6 heteroatoms. The summed E-state index contributed by atoms with van der Waals surface area (Å²) in [7, 11) is 0. The standard InChI is InChI=1S/C23H18N2O3S/c26-22-19-14-18(23(27)24-15-17-9-5-2-6-10-17)11-12-20(19)25-29(28)21(22)13-16-7-3-1-4-8-16/h1-14,25H,15H2,(H,24,27)/b21-13+. The zero-order valence-electron chi connectivity index (χ0n) is 15.4. The maximum absolute atomic E-state index is 13.0. The number of hydrogen-bond acceptors (Lipinski definition) is 4. The van der Waals surface area contributed by atoms with Crippen molar-refractivity contribution in [3.63, 3.8) is 0 Å². The van der Waals surface area contributed by atoms with E-state index in [-0.39, 0.29) is 16.6 Å². The first-order valence-electron chi connectivity index (χ1n) is 9.08. The molecule has 1 amide bonds. The van der Waals surface area contributed by atoms with E-state index in [0.29, 0.717) is 23.4 Å². The van der Waals surface area contributed by atoms with Crippen molar-refractivity contribution in [3.8, 4) is 0 Å². The highest BCUT2D eigenvalue weighted by Crippen LogP contribution is 2.31. The normalized spacial score (nSPS) is 16.8. The van der Waals surface area contributed by atoms with Crippen molar-refractivity contribution < 1.29 is 14.1 Å². The second-order valence-corrected chi connectivity index (χ2v) is 7.73. The Balaban J connectivity index is 1.57. The Morgan fingerprint density at radius 1 is 1.00 bits per heavy atom. The number of anilines is 1. The van der Waals surface area contributed by atoms with Crippen molar-refractivity contribution in [1.29, 1.82) is 0 Å². The van der Waals surface area contributed by atoms with E-state index in [1.54, 1.807) is 24.3 Å². The average Bonchev–Trinajstić information content (AvgIpc) is 2.76. The molecule has 0 spiro atoms. The van der Waals surface area contributed by atoms with Gasteiger partial charge in [0.2, 0.25) is 10.7 Å². The first kappa shape index (κ1) is 19.0. The topological polar surface area (TPSA) is 81.3 Å². The third-order valence-electron chi connectivity index (χ3n) is 4.55. The van der Waals surface area contributed by atoms with Gasteiger partial charge in [0.05, 0.1) is 11.3 Å². The maximum atomic E-state index is 13.0. The second kappa shape index (κ2) is 8.34. The molecule has 0 radical (unpaired) electrons. The predicted molar refractivity (Wildman–Crippen MR) is 115 cm³/mol. The molecule has 2 N–H and O–H groups in total. The molecule has 0 aromatic heterocycles. The maximum Gasteiger partial charge on any atom is 0.251 e. The molecule has 144 valence electrons. The Hall–Kier alpha value is -3.35. The van der Waals surface area contributed by atoms with E-state index in [1.165, 1.54) is 0 Å². The van der Waals surface area contributed by atoms with Gasteiger partial charge in [0.1, 0.15) is 11.4 Å². The van der Waals surface area contributed by atoms with Gasteiger partial charge in [0.15, 0.2) is 0 Å². The summed E-state index contributed by atoms with van der Waals surface area (Å²) in [6.45, 7) is 0.395. The Bertz CT molecular complexity index is 1080. The molecule has 1 atom stereocenters. The Morgan fingerprint density at radius 3 is 2.41 bits per heavy atom. The van der Waals surface area contributed by atoms with E-state index in [1.807, 2.05) is 60.7 Å². The molecular formula is C23H18N2O3S. The van der Waals surface area contributed by atoms with Crippen LogP contribution < -0.4 is 10.0 Å². The highest BCUT2D eigenvalue weighted by Gasteiger charge is 2.34. The first-order valence-corrected chi connectivity index (χ1v) is 10.2. The van der Waals surface area contributed by atoms with Crippen LogP contribution in [0.15, 0.2) is 83.8 Å². The van der Waals surface area contributed by atoms with Gasteiger partial charge in [-0.25, -0.2) is 4.72 Å². The van der Waals surface area contributed by atoms with Gasteiger partial charge in [-0.1, -0.05) is 60.7 Å². The third-order valence-corrected chi connectivity index (χ3v) is 5.65. The Labute approximate surface area is 171 Å². The molecule has 1 aliphatic rings. The van der Waals surface area contributed by atoms with Crippen LogP contribution in [0.25, 0.3) is 6.08 Å². The van der Waals surface area contributed by atoms with Crippen LogP contribution in [-0.2, 0) is 17.9 Å². The lowest BCUT2D eigenvalue weighted by Crippen LogP contribution is -2.28. The molecule has 0 aliphatic carbocycles. The number of allylic oxidation sites excluding steroid dienone is 1. The molecular weight excluding hydrogens is 384 g/mol. The minimum Gasteiger partial charge on any atom is -0.588 e. The number of nitrogens with one attached hydrogen (secondary N) is 2. The fourth-order valence-corrected chi connectivity index (χ4v) is 4.04. The SMILES string of the molecule is O=C(NCc1ccccc1)c1ccc2c(c1)C(=O)/C(=C\c1ccccc1)[S+]([O-])N2. The number of fused-ring (bicyclic) bond motifs is 1. The van der Waals surface area contributed by atoms with Gasteiger partial charge in [0.25, 0.3) is 5.91 Å². The summed E-state index contributed by atoms with van der Waals surface area (Å²) in [5.74, 6) is -0.622. The van der Waals surface area contributed by atoms with Crippen LogP contribution in [0.5, 0.6) is 0 Å². The van der Waals surface area contributed by atoms with E-state index < -0.39 is 11.4 Å². The number of rotatable bonds is 4. The molecule has 3 aromatic carbocycles. The van der Waals surface area contributed by atoms with E-state index in [4.69, 9.17) is 0 Å². The first-order chi connectivity index (χ1) is 14.1. The van der Waals surface area contributed by atoms with Gasteiger partial charge in [-0.2, -0.15) is 0 Å². The summed E-state index contributed by atoms with van der Waals surface area (Å²) in [5.41, 5.74) is 2.94. The molecule has 0 fully saturated rings. The molecule has 4 rings (SSSR count). The van der Waals surface area contributed by atoms with Gasteiger partial charge in [0, 0.05) is 18.2 Å². The van der Waals surface area contributed by atoms with Gasteiger partial charge in [-0.15, -0.1) is 0 Å². The largest absolute Gasteiger partial charge is 0.588 e. The Kier molecular flexibility index (Phi) is 5.46. The number of benzene rings is 3. The zero-order chi connectivity index (χ0) is 20.2. The van der Waals surface area contributed by atoms with Crippen LogP contribution in [0.2, 0.25) is 0 Å². The monoisotopic (exact) mass is 402 g/mol. The third kappa shape index (κ3) is 4.23. The van der Waals surface area contributed by atoms with Gasteiger partial charge in [-0.05, 0) is 29.3 Å². The number of ketones is 1. The van der Waals surface area contributed by atoms with Crippen LogP contribution in [0.3, 0.4) is 0 Å². The van der Waals surface area contributed by atoms with E-state index >= 15 is 0 Å². The molecule has 3 aromatic rings. The highest BCUT2D eigenvalue weighted by atomic mass is 32.2. The lowest BCUT2D eigenvalue weighted by molar-refractivity contribution is 0.0951. The molecule has 1 heterocycles. The van der Waals surface area contributed by atoms with Crippen molar-refractivity contribution in [2.45, 2.75) is 6.54 Å². The number of Topliss-reactive ketones (excluding diaryl/α,β-unsaturated/α-hetero) is 1. The summed E-state index contributed by atoms with van der Waals surface area (Å²) in [6, 6.07) is 23.6. The molecule has 5 nitrogen and oxygen atoms in total. The van der Waals surface area contributed by atoms with Crippen LogP contribution >= 0.6 is 0 Å². The van der Waals surface area contributed by atoms with Crippen molar-refractivity contribution in [2.75, 3.05) is 4.72 Å². The van der Waals surface area contributed by atoms with Crippen LogP contribution in [0.1, 0.15) is 31.8 Å². The molecule has 0 bridgehead atoms. The minimum absolute atomic E-state index is 0.158. The van der Waals surface area contributed by atoms with Crippen molar-refractivity contribution in [3.05, 3.63) is 106 Å². The number of amides is 1. The van der Waals surface area contributed by atoms with Crippen molar-refractivity contribution in [1.82, 2.24) is 5.32 Å². The van der Waals surface area contributed by atoms with Gasteiger partial charge in [-0.3, -0.25) is 9.59 Å². The fourth-order valence-electron chi connectivity index (χ4n) is 3.03. The summed E-state index contributed by atoms with van der Waals surface area (Å²) in [4.78, 5) is 25.6. The van der Waals surface area contributed by atoms with Crippen LogP contribution in [0, 0.1) is 0 Å². The molecule has 29 heavy (non-hydrogen) atoms. The molecule has 1 aliphatic heterocycles. The Morgan fingerprint density at radius 2 is 1.69 bits per heavy atom. The molecule has 0 saturated heterocycles. The van der Waals surface area contributed by atoms with E-state index in [0.717, 1.165) is 11.1 Å². The van der Waals surface area contributed by atoms with Crippen molar-refractivity contribution in [2.24, 2.45) is 0 Å². The fraction of sp³-hybridized carbons (Fsp3) is 0.0435. The molecule has 0 saturated carbocycles. The summed E-state index contributed by atoms with van der Waals surface area (Å²) in [5, 5.41) is 2.85. The van der Waals surface area contributed by atoms with Gasteiger partial charge >= 0.3 is 0 Å². The van der Waals surface area contributed by atoms with Gasteiger partial charge < -0.3 is 9.87 Å². The number of carbonyl (C=O) groups excluding carboxylic acids is 2. The van der Waals surface area contributed by atoms with Crippen LogP contribution in [0.4, 0.5) is 5.69 Å². The highest BCUT2D eigenvalue weighted by molar-refractivity contribution is 7.97. The molecule has 1 unspecified atom stereocenters. The lowest BCUT2D eigenvalue weighted by Gasteiger charge is -2.21.